The third kappa shape index (κ3) is 5.10. The zero-order valence-electron chi connectivity index (χ0n) is 18.6. The molecule has 166 valence electrons. The topological polar surface area (TPSA) is 114 Å². The summed E-state index contributed by atoms with van der Waals surface area (Å²) in [5, 5.41) is 0. The smallest absolute Gasteiger partial charge is 0.347 e. The van der Waals surface area contributed by atoms with E-state index in [9.17, 15) is 14.4 Å². The lowest BCUT2D eigenvalue weighted by Gasteiger charge is -2.32. The number of rotatable bonds is 5. The molecule has 3 heterocycles. The largest absolute Gasteiger partial charge is 0.383 e. The van der Waals surface area contributed by atoms with Crippen molar-refractivity contribution in [3.63, 3.8) is 0 Å². The molecule has 0 aliphatic carbocycles. The summed E-state index contributed by atoms with van der Waals surface area (Å²) in [5.74, 6) is 0.294. The predicted octanol–water partition coefficient (Wildman–Crippen LogP) is 1.34. The van der Waals surface area contributed by atoms with Gasteiger partial charge in [0.15, 0.2) is 0 Å². The Balaban J connectivity index is 1.57. The average molecular weight is 427 g/mol. The number of carbonyl (C=O) groups excluding carboxylic acids is 2. The number of piperidine rings is 1. The van der Waals surface area contributed by atoms with Gasteiger partial charge in [-0.2, -0.15) is 4.98 Å². The highest BCUT2D eigenvalue weighted by atomic mass is 16.2. The monoisotopic (exact) mass is 426 g/mol. The molecule has 0 unspecified atom stereocenters. The number of nitrogen functional groups attached to an aromatic ring is 1. The molecule has 0 spiro atoms. The Morgan fingerprint density at radius 2 is 1.84 bits per heavy atom. The zero-order valence-corrected chi connectivity index (χ0v) is 18.6. The minimum Gasteiger partial charge on any atom is -0.383 e. The zero-order chi connectivity index (χ0) is 22.7. The molecule has 1 fully saturated rings. The van der Waals surface area contributed by atoms with Crippen LogP contribution in [-0.4, -0.2) is 63.3 Å². The van der Waals surface area contributed by atoms with Gasteiger partial charge in [-0.25, -0.2) is 9.78 Å². The van der Waals surface area contributed by atoms with Gasteiger partial charge in [0, 0.05) is 63.2 Å². The molecule has 0 atom stereocenters. The molecule has 2 aromatic rings. The van der Waals surface area contributed by atoms with Crippen LogP contribution in [0.25, 0.3) is 0 Å². The van der Waals surface area contributed by atoms with E-state index in [0.717, 1.165) is 24.2 Å². The summed E-state index contributed by atoms with van der Waals surface area (Å²) in [6.07, 6.45) is 1.83. The lowest BCUT2D eigenvalue weighted by molar-refractivity contribution is -0.132. The van der Waals surface area contributed by atoms with Gasteiger partial charge in [0.05, 0.1) is 5.56 Å². The number of nitrogens with two attached hydrogens (primary N) is 1. The summed E-state index contributed by atoms with van der Waals surface area (Å²) >= 11 is 0. The van der Waals surface area contributed by atoms with E-state index in [1.807, 2.05) is 24.0 Å². The van der Waals surface area contributed by atoms with Crippen molar-refractivity contribution in [3.05, 3.63) is 51.3 Å². The molecule has 3 rings (SSSR count). The Labute approximate surface area is 181 Å². The highest BCUT2D eigenvalue weighted by Crippen LogP contribution is 2.28. The first-order chi connectivity index (χ1) is 14.7. The highest BCUT2D eigenvalue weighted by molar-refractivity contribution is 5.98. The lowest BCUT2D eigenvalue weighted by Crippen LogP contribution is -2.39. The van der Waals surface area contributed by atoms with E-state index in [-0.39, 0.29) is 35.7 Å². The Bertz CT molecular complexity index is 1040. The van der Waals surface area contributed by atoms with Gasteiger partial charge < -0.3 is 15.5 Å². The molecule has 2 N–H and O–H groups in total. The van der Waals surface area contributed by atoms with Crippen LogP contribution in [0.15, 0.2) is 23.0 Å². The van der Waals surface area contributed by atoms with E-state index in [0.29, 0.717) is 30.9 Å². The second kappa shape index (κ2) is 9.28. The third-order valence-electron chi connectivity index (χ3n) is 5.74. The van der Waals surface area contributed by atoms with Crippen LogP contribution in [0.5, 0.6) is 0 Å². The number of likely N-dealkylation sites (tertiary alicyclic amines) is 1. The number of pyridine rings is 1. The van der Waals surface area contributed by atoms with Crippen LogP contribution in [0, 0.1) is 13.8 Å². The van der Waals surface area contributed by atoms with Crippen LogP contribution >= 0.6 is 0 Å². The first-order valence-electron chi connectivity index (χ1n) is 10.5. The molecule has 1 aliphatic heterocycles. The second-order valence-corrected chi connectivity index (χ2v) is 8.25. The quantitative estimate of drug-likeness (QED) is 0.772. The molecule has 0 aromatic carbocycles. The molecule has 2 aromatic heterocycles. The van der Waals surface area contributed by atoms with E-state index in [2.05, 4.69) is 9.97 Å². The van der Waals surface area contributed by atoms with Gasteiger partial charge >= 0.3 is 5.69 Å². The first-order valence-corrected chi connectivity index (χ1v) is 10.5. The molecule has 9 nitrogen and oxygen atoms in total. The Morgan fingerprint density at radius 3 is 2.42 bits per heavy atom. The van der Waals surface area contributed by atoms with E-state index in [4.69, 9.17) is 5.73 Å². The molecule has 1 saturated heterocycles. The van der Waals surface area contributed by atoms with Crippen molar-refractivity contribution in [1.82, 2.24) is 24.3 Å². The molecule has 9 heteroatoms. The van der Waals surface area contributed by atoms with Gasteiger partial charge in [-0.1, -0.05) is 0 Å². The molecular formula is C22H30N6O3. The Morgan fingerprint density at radius 1 is 1.16 bits per heavy atom. The van der Waals surface area contributed by atoms with E-state index < -0.39 is 0 Å². The van der Waals surface area contributed by atoms with Crippen molar-refractivity contribution in [1.29, 1.82) is 0 Å². The van der Waals surface area contributed by atoms with Crippen molar-refractivity contribution in [3.8, 4) is 0 Å². The second-order valence-electron chi connectivity index (χ2n) is 8.25. The maximum Gasteiger partial charge on any atom is 0.347 e. The number of nitrogens with zero attached hydrogens (tertiary/aromatic N) is 5. The normalized spacial score (nSPS) is 14.5. The van der Waals surface area contributed by atoms with Crippen LogP contribution < -0.4 is 11.4 Å². The van der Waals surface area contributed by atoms with Gasteiger partial charge in [0.1, 0.15) is 5.82 Å². The Hall–Kier alpha value is -3.23. The minimum absolute atomic E-state index is 0.0322. The standard InChI is InChI=1S/C22H30N6O3/c1-14-13-15(2)28(22(31)24-14)12-9-19(29)27-10-7-16(8-11-27)18-6-5-17(20(23)25-18)21(30)26(3)4/h5-6,13,16H,7-12H2,1-4H3,(H2,23,25). The number of aryl methyl sites for hydroxylation is 2. The van der Waals surface area contributed by atoms with E-state index in [1.54, 1.807) is 31.7 Å². The maximum atomic E-state index is 12.7. The molecule has 0 radical (unpaired) electrons. The van der Waals surface area contributed by atoms with Gasteiger partial charge in [0.2, 0.25) is 5.91 Å². The number of aromatic nitrogens is 3. The van der Waals surface area contributed by atoms with Crippen LogP contribution in [0.2, 0.25) is 0 Å². The molecule has 0 saturated carbocycles. The number of hydrogen-bond donors (Lipinski definition) is 1. The number of amides is 2. The molecule has 1 aliphatic rings. The molecular weight excluding hydrogens is 396 g/mol. The van der Waals surface area contributed by atoms with Gasteiger partial charge in [-0.3, -0.25) is 14.2 Å². The fourth-order valence-corrected chi connectivity index (χ4v) is 3.98. The predicted molar refractivity (Wildman–Crippen MR) is 118 cm³/mol. The maximum absolute atomic E-state index is 12.7. The molecule has 31 heavy (non-hydrogen) atoms. The number of anilines is 1. The van der Waals surface area contributed by atoms with Crippen LogP contribution in [-0.2, 0) is 11.3 Å². The summed E-state index contributed by atoms with van der Waals surface area (Å²) in [6.45, 7) is 5.22. The lowest BCUT2D eigenvalue weighted by atomic mass is 9.92. The van der Waals surface area contributed by atoms with Crippen molar-refractivity contribution in [2.45, 2.75) is 45.6 Å². The van der Waals surface area contributed by atoms with Crippen molar-refractivity contribution < 1.29 is 9.59 Å². The van der Waals surface area contributed by atoms with Crippen molar-refractivity contribution in [2.24, 2.45) is 0 Å². The summed E-state index contributed by atoms with van der Waals surface area (Å²) in [5.41, 5.74) is 8.44. The van der Waals surface area contributed by atoms with Crippen LogP contribution in [0.1, 0.15) is 52.6 Å². The molecule has 2 amide bonds. The van der Waals surface area contributed by atoms with Crippen LogP contribution in [0.3, 0.4) is 0 Å². The van der Waals surface area contributed by atoms with Crippen LogP contribution in [0.4, 0.5) is 5.82 Å². The van der Waals surface area contributed by atoms with E-state index in [1.165, 1.54) is 4.90 Å². The van der Waals surface area contributed by atoms with Gasteiger partial charge in [0.25, 0.3) is 5.91 Å². The summed E-state index contributed by atoms with van der Waals surface area (Å²) < 4.78 is 1.54. The minimum atomic E-state index is -0.316. The van der Waals surface area contributed by atoms with Crippen molar-refractivity contribution in [2.75, 3.05) is 32.9 Å². The summed E-state index contributed by atoms with van der Waals surface area (Å²) in [7, 11) is 3.35. The third-order valence-corrected chi connectivity index (χ3v) is 5.74. The van der Waals surface area contributed by atoms with Crippen molar-refractivity contribution >= 4 is 17.6 Å². The van der Waals surface area contributed by atoms with Gasteiger partial charge in [-0.05, 0) is 44.9 Å². The SMILES string of the molecule is Cc1cc(C)n(CCC(=O)N2CCC(c3ccc(C(=O)N(C)C)c(N)n3)CC2)c(=O)n1. The van der Waals surface area contributed by atoms with Gasteiger partial charge in [-0.15, -0.1) is 0 Å². The fourth-order valence-electron chi connectivity index (χ4n) is 3.98. The molecule has 0 bridgehead atoms. The average Bonchev–Trinajstić information content (AvgIpc) is 2.72. The highest BCUT2D eigenvalue weighted by Gasteiger charge is 2.25. The summed E-state index contributed by atoms with van der Waals surface area (Å²) in [4.78, 5) is 48.6. The fraction of sp³-hybridized carbons (Fsp3) is 0.500. The van der Waals surface area contributed by atoms with E-state index >= 15 is 0 Å². The Kier molecular flexibility index (Phi) is 6.72. The number of hydrogen-bond acceptors (Lipinski definition) is 6. The number of carbonyl (C=O) groups is 2. The first kappa shape index (κ1) is 22.5. The summed E-state index contributed by atoms with van der Waals surface area (Å²) in [6, 6.07) is 5.43.